The Hall–Kier alpha value is -3.42. The molecular formula is C25H27ClN4O3. The Balaban J connectivity index is 1.76. The highest BCUT2D eigenvalue weighted by molar-refractivity contribution is 6.32. The number of phenolic OH excluding ortho intramolecular Hbond substituents is 1. The first-order valence-electron chi connectivity index (χ1n) is 10.6. The fraction of sp³-hybridized carbons (Fsp3) is 0.240. The first-order valence-corrected chi connectivity index (χ1v) is 11.0. The van der Waals surface area contributed by atoms with Crippen LogP contribution < -0.4 is 16.5 Å². The van der Waals surface area contributed by atoms with Crippen molar-refractivity contribution >= 4 is 40.4 Å². The van der Waals surface area contributed by atoms with Crippen LogP contribution >= 0.6 is 11.6 Å². The fourth-order valence-electron chi connectivity index (χ4n) is 3.53. The normalized spacial score (nSPS) is 12.4. The number of phenols is 1. The number of primary amides is 1. The van der Waals surface area contributed by atoms with Gasteiger partial charge >= 0.3 is 0 Å². The Kier molecular flexibility index (Phi) is 8.03. The Labute approximate surface area is 197 Å². The summed E-state index contributed by atoms with van der Waals surface area (Å²) in [5, 5.41) is 18.9. The van der Waals surface area contributed by atoms with Crippen LogP contribution in [0.3, 0.4) is 0 Å². The number of hydrogen-bond acceptors (Lipinski definition) is 5. The van der Waals surface area contributed by atoms with Crippen molar-refractivity contribution in [3.63, 3.8) is 0 Å². The number of carbonyl (C=O) groups is 2. The molecule has 33 heavy (non-hydrogen) atoms. The molecule has 2 amide bonds. The van der Waals surface area contributed by atoms with Crippen LogP contribution in [0.25, 0.3) is 10.8 Å². The number of nitrogens with zero attached hydrogens (tertiary/aromatic N) is 1. The van der Waals surface area contributed by atoms with Crippen LogP contribution in [-0.2, 0) is 11.3 Å². The van der Waals surface area contributed by atoms with Gasteiger partial charge in [0, 0.05) is 17.7 Å². The van der Waals surface area contributed by atoms with Gasteiger partial charge < -0.3 is 16.2 Å². The summed E-state index contributed by atoms with van der Waals surface area (Å²) in [7, 11) is 0. The topological polar surface area (TPSA) is 117 Å². The van der Waals surface area contributed by atoms with E-state index in [-0.39, 0.29) is 22.2 Å². The number of nitrogens with one attached hydrogen (secondary N) is 2. The van der Waals surface area contributed by atoms with Gasteiger partial charge in [0.2, 0.25) is 5.91 Å². The van der Waals surface area contributed by atoms with Crippen LogP contribution in [0.5, 0.6) is 5.75 Å². The van der Waals surface area contributed by atoms with Crippen LogP contribution in [0.4, 0.5) is 0 Å². The molecule has 1 atom stereocenters. The summed E-state index contributed by atoms with van der Waals surface area (Å²) in [6.45, 7) is 4.60. The standard InChI is InChI=1S/C25H27ClN4O3/c1-15(2)11-22(24(27)32)28-13-17-7-8-18(20-6-4-3-5-19(17)20)14-29-30-25(33)16-9-10-23(31)21(26)12-16/h3-10,12,14-15,22,28,31H,11,13H2,1-2H3,(H2,27,32)(H,30,33). The van der Waals surface area contributed by atoms with Gasteiger partial charge in [0.1, 0.15) is 5.75 Å². The molecular weight excluding hydrogens is 440 g/mol. The predicted molar refractivity (Wildman–Crippen MR) is 131 cm³/mol. The van der Waals surface area contributed by atoms with E-state index in [1.165, 1.54) is 18.2 Å². The Bertz CT molecular complexity index is 1190. The third-order valence-corrected chi connectivity index (χ3v) is 5.52. The number of halogens is 1. The van der Waals surface area contributed by atoms with Crippen molar-refractivity contribution in [2.75, 3.05) is 0 Å². The summed E-state index contributed by atoms with van der Waals surface area (Å²) in [6.07, 6.45) is 2.24. The number of aromatic hydroxyl groups is 1. The lowest BCUT2D eigenvalue weighted by Gasteiger charge is -2.18. The van der Waals surface area contributed by atoms with Gasteiger partial charge in [-0.25, -0.2) is 5.43 Å². The van der Waals surface area contributed by atoms with Gasteiger partial charge in [-0.2, -0.15) is 5.10 Å². The molecule has 0 saturated carbocycles. The molecule has 0 radical (unpaired) electrons. The smallest absolute Gasteiger partial charge is 0.271 e. The number of hydrazone groups is 1. The summed E-state index contributed by atoms with van der Waals surface area (Å²) in [5.74, 6) is -0.550. The van der Waals surface area contributed by atoms with Gasteiger partial charge in [0.25, 0.3) is 5.91 Å². The van der Waals surface area contributed by atoms with Crippen LogP contribution in [-0.4, -0.2) is 29.2 Å². The molecule has 0 fully saturated rings. The number of fused-ring (bicyclic) bond motifs is 1. The number of amides is 2. The van der Waals surface area contributed by atoms with Crippen molar-refractivity contribution < 1.29 is 14.7 Å². The van der Waals surface area contributed by atoms with Crippen molar-refractivity contribution in [3.8, 4) is 5.75 Å². The van der Waals surface area contributed by atoms with Gasteiger partial charge in [-0.05, 0) is 46.9 Å². The maximum atomic E-state index is 12.3. The van der Waals surface area contributed by atoms with E-state index in [0.717, 1.165) is 21.9 Å². The zero-order valence-corrected chi connectivity index (χ0v) is 19.3. The lowest BCUT2D eigenvalue weighted by molar-refractivity contribution is -0.120. The van der Waals surface area contributed by atoms with Crippen molar-refractivity contribution in [2.45, 2.75) is 32.9 Å². The molecule has 0 aliphatic carbocycles. The highest BCUT2D eigenvalue weighted by Gasteiger charge is 2.17. The lowest BCUT2D eigenvalue weighted by Crippen LogP contribution is -2.41. The van der Waals surface area contributed by atoms with Gasteiger partial charge in [-0.3, -0.25) is 9.59 Å². The van der Waals surface area contributed by atoms with Crippen molar-refractivity contribution in [1.29, 1.82) is 0 Å². The van der Waals surface area contributed by atoms with E-state index in [9.17, 15) is 14.7 Å². The zero-order valence-electron chi connectivity index (χ0n) is 18.5. The Morgan fingerprint density at radius 3 is 2.52 bits per heavy atom. The Morgan fingerprint density at radius 1 is 1.12 bits per heavy atom. The van der Waals surface area contributed by atoms with Crippen LogP contribution in [0.2, 0.25) is 5.02 Å². The van der Waals surface area contributed by atoms with E-state index in [0.29, 0.717) is 18.9 Å². The van der Waals surface area contributed by atoms with Crippen molar-refractivity contribution in [3.05, 3.63) is 76.3 Å². The minimum absolute atomic E-state index is 0.0915. The molecule has 0 spiro atoms. The highest BCUT2D eigenvalue weighted by atomic mass is 35.5. The monoisotopic (exact) mass is 466 g/mol. The minimum Gasteiger partial charge on any atom is -0.506 e. The summed E-state index contributed by atoms with van der Waals surface area (Å²) >= 11 is 5.86. The molecule has 3 aromatic rings. The van der Waals surface area contributed by atoms with E-state index in [1.54, 1.807) is 6.21 Å². The molecule has 0 aliphatic heterocycles. The quantitative estimate of drug-likeness (QED) is 0.282. The van der Waals surface area contributed by atoms with E-state index in [4.69, 9.17) is 17.3 Å². The fourth-order valence-corrected chi connectivity index (χ4v) is 3.71. The van der Waals surface area contributed by atoms with E-state index >= 15 is 0 Å². The molecule has 1 unspecified atom stereocenters. The van der Waals surface area contributed by atoms with Gasteiger partial charge in [-0.15, -0.1) is 0 Å². The molecule has 0 aliphatic rings. The van der Waals surface area contributed by atoms with Crippen LogP contribution in [0.15, 0.2) is 59.7 Å². The van der Waals surface area contributed by atoms with Gasteiger partial charge in [0.05, 0.1) is 17.3 Å². The summed E-state index contributed by atoms with van der Waals surface area (Å²) in [4.78, 5) is 24.1. The first kappa shape index (κ1) is 24.2. The summed E-state index contributed by atoms with van der Waals surface area (Å²) in [6, 6.07) is 15.5. The third kappa shape index (κ3) is 6.31. The molecule has 5 N–H and O–H groups in total. The number of benzene rings is 3. The SMILES string of the molecule is CC(C)CC(NCc1ccc(C=NNC(=O)c2ccc(O)c(Cl)c2)c2ccccc12)C(N)=O. The molecule has 0 saturated heterocycles. The van der Waals surface area contributed by atoms with E-state index < -0.39 is 11.9 Å². The summed E-state index contributed by atoms with van der Waals surface area (Å²) in [5.41, 5.74) is 10.2. The maximum absolute atomic E-state index is 12.3. The third-order valence-electron chi connectivity index (χ3n) is 5.22. The number of carbonyl (C=O) groups excluding carboxylic acids is 2. The van der Waals surface area contributed by atoms with Crippen molar-refractivity contribution in [1.82, 2.24) is 10.7 Å². The van der Waals surface area contributed by atoms with E-state index in [1.807, 2.05) is 36.4 Å². The maximum Gasteiger partial charge on any atom is 0.271 e. The van der Waals surface area contributed by atoms with Crippen LogP contribution in [0, 0.1) is 5.92 Å². The average Bonchev–Trinajstić information content (AvgIpc) is 2.78. The van der Waals surface area contributed by atoms with Crippen molar-refractivity contribution in [2.24, 2.45) is 16.8 Å². The largest absolute Gasteiger partial charge is 0.506 e. The van der Waals surface area contributed by atoms with Crippen LogP contribution in [0.1, 0.15) is 41.8 Å². The second-order valence-electron chi connectivity index (χ2n) is 8.19. The number of hydrogen-bond donors (Lipinski definition) is 4. The van der Waals surface area contributed by atoms with E-state index in [2.05, 4.69) is 29.7 Å². The second-order valence-corrected chi connectivity index (χ2v) is 8.60. The molecule has 3 aromatic carbocycles. The zero-order chi connectivity index (χ0) is 24.0. The highest BCUT2D eigenvalue weighted by Crippen LogP contribution is 2.24. The summed E-state index contributed by atoms with van der Waals surface area (Å²) < 4.78 is 0. The Morgan fingerprint density at radius 2 is 1.85 bits per heavy atom. The number of rotatable bonds is 9. The minimum atomic E-state index is -0.444. The molecule has 172 valence electrons. The molecule has 7 nitrogen and oxygen atoms in total. The lowest BCUT2D eigenvalue weighted by atomic mass is 9.99. The first-order chi connectivity index (χ1) is 15.8. The predicted octanol–water partition coefficient (Wildman–Crippen LogP) is 3.95. The average molecular weight is 467 g/mol. The molecule has 3 rings (SSSR count). The second kappa shape index (κ2) is 10.9. The molecule has 0 bridgehead atoms. The molecule has 8 heteroatoms. The molecule has 0 aromatic heterocycles. The number of nitrogens with two attached hydrogens (primary N) is 1. The molecule has 0 heterocycles. The van der Waals surface area contributed by atoms with Gasteiger partial charge in [0.15, 0.2) is 0 Å². The van der Waals surface area contributed by atoms with Gasteiger partial charge in [-0.1, -0.05) is 61.8 Å².